The van der Waals surface area contributed by atoms with Gasteiger partial charge in [-0.25, -0.2) is 0 Å². The molecule has 20 heavy (non-hydrogen) atoms. The van der Waals surface area contributed by atoms with Crippen LogP contribution >= 0.6 is 22.9 Å². The van der Waals surface area contributed by atoms with Gasteiger partial charge in [0.15, 0.2) is 0 Å². The summed E-state index contributed by atoms with van der Waals surface area (Å²) in [6.45, 7) is 11.3. The van der Waals surface area contributed by atoms with E-state index in [1.54, 1.807) is 0 Å². The predicted molar refractivity (Wildman–Crippen MR) is 86.7 cm³/mol. The lowest BCUT2D eigenvalue weighted by atomic mass is 10.2. The maximum Gasteiger partial charge on any atom is 0.0815 e. The number of nitrogens with zero attached hydrogens (tertiary/aromatic N) is 2. The van der Waals surface area contributed by atoms with Crippen LogP contribution < -0.4 is 5.32 Å². The number of rotatable bonds is 6. The van der Waals surface area contributed by atoms with Crippen LogP contribution in [-0.4, -0.2) is 16.3 Å². The van der Waals surface area contributed by atoms with E-state index in [9.17, 15) is 0 Å². The van der Waals surface area contributed by atoms with Crippen LogP contribution in [0.1, 0.15) is 34.9 Å². The van der Waals surface area contributed by atoms with Crippen molar-refractivity contribution in [2.24, 2.45) is 5.92 Å². The standard InChI is InChI=1S/C15H22ClN3S/c1-10(2)6-17-7-14-5-13(12(4)20-14)8-19-9-15(16)11(3)18-19/h5,9-10,17H,6-8H2,1-4H3. The van der Waals surface area contributed by atoms with Crippen molar-refractivity contribution in [1.82, 2.24) is 15.1 Å². The van der Waals surface area contributed by atoms with Crippen molar-refractivity contribution in [3.63, 3.8) is 0 Å². The van der Waals surface area contributed by atoms with Crippen LogP contribution in [0.4, 0.5) is 0 Å². The van der Waals surface area contributed by atoms with Crippen molar-refractivity contribution in [2.45, 2.75) is 40.8 Å². The third-order valence-corrected chi connectivity index (χ3v) is 4.61. The van der Waals surface area contributed by atoms with Gasteiger partial charge in [-0.15, -0.1) is 11.3 Å². The highest BCUT2D eigenvalue weighted by Crippen LogP contribution is 2.23. The second-order valence-corrected chi connectivity index (χ2v) is 7.33. The van der Waals surface area contributed by atoms with Crippen molar-refractivity contribution in [2.75, 3.05) is 6.54 Å². The molecule has 5 heteroatoms. The summed E-state index contributed by atoms with van der Waals surface area (Å²) in [5, 5.41) is 8.63. The maximum atomic E-state index is 6.05. The summed E-state index contributed by atoms with van der Waals surface area (Å²) in [6, 6.07) is 2.28. The Balaban J connectivity index is 2.00. The van der Waals surface area contributed by atoms with E-state index in [2.05, 4.69) is 37.3 Å². The summed E-state index contributed by atoms with van der Waals surface area (Å²) in [6.07, 6.45) is 1.89. The number of nitrogens with one attached hydrogen (secondary N) is 1. The molecule has 0 radical (unpaired) electrons. The molecule has 110 valence electrons. The Hall–Kier alpha value is -0.840. The SMILES string of the molecule is Cc1nn(Cc2cc(CNCC(C)C)sc2C)cc1Cl. The summed E-state index contributed by atoms with van der Waals surface area (Å²) in [4.78, 5) is 2.74. The minimum atomic E-state index is 0.685. The van der Waals surface area contributed by atoms with E-state index < -0.39 is 0 Å². The molecule has 0 aliphatic carbocycles. The third-order valence-electron chi connectivity index (χ3n) is 3.14. The number of hydrogen-bond donors (Lipinski definition) is 1. The number of halogens is 1. The van der Waals surface area contributed by atoms with Crippen molar-refractivity contribution in [1.29, 1.82) is 0 Å². The molecule has 0 amide bonds. The Labute approximate surface area is 130 Å². The lowest BCUT2D eigenvalue weighted by Crippen LogP contribution is -2.18. The molecule has 1 N–H and O–H groups in total. The average Bonchev–Trinajstić information content (AvgIpc) is 2.84. The van der Waals surface area contributed by atoms with Gasteiger partial charge in [0, 0.05) is 22.5 Å². The second kappa shape index (κ2) is 6.74. The summed E-state index contributed by atoms with van der Waals surface area (Å²) in [5.74, 6) is 0.685. The lowest BCUT2D eigenvalue weighted by molar-refractivity contribution is 0.554. The first kappa shape index (κ1) is 15.5. The highest BCUT2D eigenvalue weighted by molar-refractivity contribution is 7.12. The first-order valence-corrected chi connectivity index (χ1v) is 8.13. The zero-order chi connectivity index (χ0) is 14.7. The molecule has 0 aliphatic heterocycles. The average molecular weight is 312 g/mol. The second-order valence-electron chi connectivity index (χ2n) is 5.58. The Morgan fingerprint density at radius 1 is 1.40 bits per heavy atom. The summed E-state index contributed by atoms with van der Waals surface area (Å²) < 4.78 is 1.91. The molecule has 2 aromatic rings. The minimum absolute atomic E-state index is 0.685. The first-order chi connectivity index (χ1) is 9.45. The van der Waals surface area contributed by atoms with Crippen LogP contribution in [0.5, 0.6) is 0 Å². The van der Waals surface area contributed by atoms with E-state index in [0.717, 1.165) is 30.4 Å². The Morgan fingerprint density at radius 3 is 2.75 bits per heavy atom. The van der Waals surface area contributed by atoms with E-state index in [-0.39, 0.29) is 0 Å². The van der Waals surface area contributed by atoms with Crippen LogP contribution in [0.25, 0.3) is 0 Å². The fraction of sp³-hybridized carbons (Fsp3) is 0.533. The monoisotopic (exact) mass is 311 g/mol. The lowest BCUT2D eigenvalue weighted by Gasteiger charge is -2.05. The molecular formula is C15H22ClN3S. The molecule has 0 unspecified atom stereocenters. The zero-order valence-electron chi connectivity index (χ0n) is 12.5. The van der Waals surface area contributed by atoms with Crippen molar-refractivity contribution in [3.8, 4) is 0 Å². The fourth-order valence-electron chi connectivity index (χ4n) is 2.06. The van der Waals surface area contributed by atoms with Gasteiger partial charge in [0.25, 0.3) is 0 Å². The molecular weight excluding hydrogens is 290 g/mol. The summed E-state index contributed by atoms with van der Waals surface area (Å²) in [7, 11) is 0. The van der Waals surface area contributed by atoms with Crippen LogP contribution in [0.15, 0.2) is 12.3 Å². The predicted octanol–water partition coefficient (Wildman–Crippen LogP) is 4.01. The first-order valence-electron chi connectivity index (χ1n) is 6.94. The molecule has 2 aromatic heterocycles. The topological polar surface area (TPSA) is 29.9 Å². The van der Waals surface area contributed by atoms with Gasteiger partial charge >= 0.3 is 0 Å². The zero-order valence-corrected chi connectivity index (χ0v) is 14.1. The molecule has 0 aromatic carbocycles. The van der Waals surface area contributed by atoms with E-state index >= 15 is 0 Å². The summed E-state index contributed by atoms with van der Waals surface area (Å²) >= 11 is 7.91. The number of thiophene rings is 1. The minimum Gasteiger partial charge on any atom is -0.312 e. The molecule has 0 saturated heterocycles. The molecule has 0 atom stereocenters. The van der Waals surface area contributed by atoms with E-state index in [1.807, 2.05) is 29.1 Å². The van der Waals surface area contributed by atoms with Crippen LogP contribution in [0.2, 0.25) is 5.02 Å². The number of aromatic nitrogens is 2. The van der Waals surface area contributed by atoms with Crippen LogP contribution in [-0.2, 0) is 13.1 Å². The third kappa shape index (κ3) is 4.08. The van der Waals surface area contributed by atoms with Gasteiger partial charge in [0.2, 0.25) is 0 Å². The Kier molecular flexibility index (Phi) is 5.24. The highest BCUT2D eigenvalue weighted by atomic mass is 35.5. The van der Waals surface area contributed by atoms with Gasteiger partial charge in [0.05, 0.1) is 17.3 Å². The molecule has 0 saturated carbocycles. The van der Waals surface area contributed by atoms with Crippen molar-refractivity contribution in [3.05, 3.63) is 38.3 Å². The van der Waals surface area contributed by atoms with E-state index in [1.165, 1.54) is 15.3 Å². The molecule has 0 aliphatic rings. The Morgan fingerprint density at radius 2 is 2.15 bits per heavy atom. The molecule has 2 heterocycles. The number of aryl methyl sites for hydroxylation is 2. The maximum absolute atomic E-state index is 6.05. The highest BCUT2D eigenvalue weighted by Gasteiger charge is 2.08. The van der Waals surface area contributed by atoms with E-state index in [4.69, 9.17) is 11.6 Å². The van der Waals surface area contributed by atoms with Gasteiger partial charge in [-0.05, 0) is 37.9 Å². The van der Waals surface area contributed by atoms with Crippen molar-refractivity contribution < 1.29 is 0 Å². The smallest absolute Gasteiger partial charge is 0.0815 e. The van der Waals surface area contributed by atoms with Crippen molar-refractivity contribution >= 4 is 22.9 Å². The van der Waals surface area contributed by atoms with E-state index in [0.29, 0.717) is 5.92 Å². The summed E-state index contributed by atoms with van der Waals surface area (Å²) in [5.41, 5.74) is 2.22. The van der Waals surface area contributed by atoms with Crippen LogP contribution in [0.3, 0.4) is 0 Å². The largest absolute Gasteiger partial charge is 0.312 e. The Bertz CT molecular complexity index is 552. The fourth-order valence-corrected chi connectivity index (χ4v) is 3.24. The molecule has 2 rings (SSSR count). The normalized spacial score (nSPS) is 11.5. The quantitative estimate of drug-likeness (QED) is 0.873. The molecule has 3 nitrogen and oxygen atoms in total. The molecule has 0 spiro atoms. The number of hydrogen-bond acceptors (Lipinski definition) is 3. The molecule has 0 bridgehead atoms. The van der Waals surface area contributed by atoms with Gasteiger partial charge in [-0.1, -0.05) is 25.4 Å². The molecule has 0 fully saturated rings. The van der Waals surface area contributed by atoms with Gasteiger partial charge in [-0.2, -0.15) is 5.10 Å². The van der Waals surface area contributed by atoms with Crippen LogP contribution in [0, 0.1) is 19.8 Å². The van der Waals surface area contributed by atoms with Gasteiger partial charge in [0.1, 0.15) is 0 Å². The van der Waals surface area contributed by atoms with Gasteiger partial charge in [-0.3, -0.25) is 4.68 Å². The van der Waals surface area contributed by atoms with Gasteiger partial charge < -0.3 is 5.32 Å².